The summed E-state index contributed by atoms with van der Waals surface area (Å²) >= 11 is 0. The van der Waals surface area contributed by atoms with E-state index in [2.05, 4.69) is 13.8 Å². The molecule has 0 spiro atoms. The molecule has 104 valence electrons. The van der Waals surface area contributed by atoms with Crippen molar-refractivity contribution in [2.45, 2.75) is 71.6 Å². The Hall–Kier alpha value is -0.860. The van der Waals surface area contributed by atoms with Gasteiger partial charge in [-0.3, -0.25) is 9.59 Å². The first-order valence-electron chi connectivity index (χ1n) is 7.44. The van der Waals surface area contributed by atoms with Crippen LogP contribution < -0.4 is 0 Å². The van der Waals surface area contributed by atoms with Gasteiger partial charge in [0.05, 0.1) is 11.8 Å². The molecule has 0 aromatic rings. The van der Waals surface area contributed by atoms with Gasteiger partial charge in [-0.05, 0) is 19.3 Å². The first kappa shape index (κ1) is 15.2. The molecule has 0 bridgehead atoms. The first-order valence-corrected chi connectivity index (χ1v) is 7.44. The van der Waals surface area contributed by atoms with Gasteiger partial charge >= 0.3 is 11.9 Å². The van der Waals surface area contributed by atoms with E-state index in [4.69, 9.17) is 4.74 Å². The van der Waals surface area contributed by atoms with E-state index >= 15 is 0 Å². The average molecular weight is 254 g/mol. The largest absolute Gasteiger partial charge is 0.393 e. The van der Waals surface area contributed by atoms with Crippen molar-refractivity contribution in [1.82, 2.24) is 0 Å². The van der Waals surface area contributed by atoms with E-state index in [0.29, 0.717) is 6.42 Å². The van der Waals surface area contributed by atoms with Gasteiger partial charge in [-0.2, -0.15) is 0 Å². The second kappa shape index (κ2) is 8.28. The Balaban J connectivity index is 2.39. The number of carbonyl (C=O) groups excluding carboxylic acids is 2. The summed E-state index contributed by atoms with van der Waals surface area (Å²) < 4.78 is 4.89. The monoisotopic (exact) mass is 254 g/mol. The van der Waals surface area contributed by atoms with Crippen molar-refractivity contribution in [1.29, 1.82) is 0 Å². The Bertz CT molecular complexity index is 247. The van der Waals surface area contributed by atoms with Crippen LogP contribution >= 0.6 is 0 Å². The third kappa shape index (κ3) is 4.79. The molecule has 0 amide bonds. The highest BCUT2D eigenvalue weighted by Gasteiger charge is 2.35. The number of unbranched alkanes of at least 4 members (excludes halogenated alkanes) is 4. The lowest BCUT2D eigenvalue weighted by atomic mass is 9.85. The van der Waals surface area contributed by atoms with Crippen molar-refractivity contribution in [2.24, 2.45) is 11.8 Å². The van der Waals surface area contributed by atoms with Gasteiger partial charge in [0.2, 0.25) is 0 Å². The lowest BCUT2D eigenvalue weighted by Crippen LogP contribution is -2.34. The fraction of sp³-hybridized carbons (Fsp3) is 0.867. The SMILES string of the molecule is CCCCC[C@@H]1C[C@@H](CCCCC)C(=O)OC1=O. The number of esters is 2. The highest BCUT2D eigenvalue weighted by atomic mass is 16.6. The number of hydrogen-bond acceptors (Lipinski definition) is 3. The van der Waals surface area contributed by atoms with E-state index in [-0.39, 0.29) is 23.8 Å². The molecule has 0 radical (unpaired) electrons. The van der Waals surface area contributed by atoms with E-state index in [1.54, 1.807) is 0 Å². The third-order valence-electron chi connectivity index (χ3n) is 3.75. The molecule has 0 unspecified atom stereocenters. The van der Waals surface area contributed by atoms with Crippen molar-refractivity contribution < 1.29 is 14.3 Å². The fourth-order valence-corrected chi connectivity index (χ4v) is 2.55. The summed E-state index contributed by atoms with van der Waals surface area (Å²) in [6.07, 6.45) is 9.20. The highest BCUT2D eigenvalue weighted by Crippen LogP contribution is 2.29. The summed E-state index contributed by atoms with van der Waals surface area (Å²) in [5.41, 5.74) is 0. The maximum Gasteiger partial charge on any atom is 0.316 e. The van der Waals surface area contributed by atoms with Crippen LogP contribution in [-0.4, -0.2) is 11.9 Å². The maximum atomic E-state index is 11.6. The van der Waals surface area contributed by atoms with Gasteiger partial charge in [-0.15, -0.1) is 0 Å². The van der Waals surface area contributed by atoms with E-state index in [1.807, 2.05) is 0 Å². The van der Waals surface area contributed by atoms with Crippen LogP contribution in [-0.2, 0) is 14.3 Å². The van der Waals surface area contributed by atoms with E-state index in [1.165, 1.54) is 0 Å². The van der Waals surface area contributed by atoms with E-state index in [0.717, 1.165) is 51.4 Å². The van der Waals surface area contributed by atoms with Gasteiger partial charge in [0.25, 0.3) is 0 Å². The zero-order valence-corrected chi connectivity index (χ0v) is 11.7. The average Bonchev–Trinajstić information content (AvgIpc) is 2.34. The van der Waals surface area contributed by atoms with Crippen LogP contribution in [0.1, 0.15) is 71.6 Å². The molecule has 0 N–H and O–H groups in total. The topological polar surface area (TPSA) is 43.4 Å². The van der Waals surface area contributed by atoms with E-state index in [9.17, 15) is 9.59 Å². The lowest BCUT2D eigenvalue weighted by molar-refractivity contribution is -0.172. The molecule has 3 heteroatoms. The third-order valence-corrected chi connectivity index (χ3v) is 3.75. The molecule has 3 nitrogen and oxygen atoms in total. The Labute approximate surface area is 110 Å². The second-order valence-electron chi connectivity index (χ2n) is 5.36. The predicted octanol–water partition coefficient (Wildman–Crippen LogP) is 3.85. The predicted molar refractivity (Wildman–Crippen MR) is 71.0 cm³/mol. The van der Waals surface area contributed by atoms with Crippen LogP contribution in [0.4, 0.5) is 0 Å². The van der Waals surface area contributed by atoms with Crippen molar-refractivity contribution >= 4 is 11.9 Å². The number of carbonyl (C=O) groups is 2. The highest BCUT2D eigenvalue weighted by molar-refractivity contribution is 5.90. The lowest BCUT2D eigenvalue weighted by Gasteiger charge is -2.26. The minimum absolute atomic E-state index is 0.0409. The molecule has 2 atom stereocenters. The standard InChI is InChI=1S/C15H26O3/c1-3-5-7-9-12-11-13(10-8-6-4-2)15(17)18-14(12)16/h12-13H,3-11H2,1-2H3/t12-,13-/m1/s1. The molecule has 1 aliphatic rings. The molecule has 0 aliphatic carbocycles. The molecule has 1 aliphatic heterocycles. The summed E-state index contributed by atoms with van der Waals surface area (Å²) in [6, 6.07) is 0. The summed E-state index contributed by atoms with van der Waals surface area (Å²) in [7, 11) is 0. The number of ether oxygens (including phenoxy) is 1. The van der Waals surface area contributed by atoms with Crippen LogP contribution in [0.25, 0.3) is 0 Å². The van der Waals surface area contributed by atoms with Gasteiger partial charge in [0, 0.05) is 0 Å². The smallest absolute Gasteiger partial charge is 0.316 e. The minimum Gasteiger partial charge on any atom is -0.393 e. The van der Waals surface area contributed by atoms with E-state index < -0.39 is 0 Å². The Morgan fingerprint density at radius 3 is 1.72 bits per heavy atom. The van der Waals surface area contributed by atoms with Crippen LogP contribution in [0.3, 0.4) is 0 Å². The van der Waals surface area contributed by atoms with Crippen LogP contribution in [0.2, 0.25) is 0 Å². The molecule has 1 rings (SSSR count). The minimum atomic E-state index is -0.289. The number of rotatable bonds is 8. The Morgan fingerprint density at radius 1 is 0.889 bits per heavy atom. The molecule has 1 heterocycles. The van der Waals surface area contributed by atoms with Crippen molar-refractivity contribution in [3.05, 3.63) is 0 Å². The zero-order valence-electron chi connectivity index (χ0n) is 11.7. The Kier molecular flexibility index (Phi) is 6.99. The molecular weight excluding hydrogens is 228 g/mol. The van der Waals surface area contributed by atoms with Crippen LogP contribution in [0.5, 0.6) is 0 Å². The first-order chi connectivity index (χ1) is 8.69. The quantitative estimate of drug-likeness (QED) is 0.375. The number of cyclic esters (lactones) is 2. The van der Waals surface area contributed by atoms with Gasteiger partial charge in [-0.25, -0.2) is 0 Å². The normalized spacial score (nSPS) is 24.1. The summed E-state index contributed by atoms with van der Waals surface area (Å²) in [6.45, 7) is 4.30. The molecular formula is C15H26O3. The van der Waals surface area contributed by atoms with Crippen molar-refractivity contribution in [2.75, 3.05) is 0 Å². The van der Waals surface area contributed by atoms with Crippen LogP contribution in [0, 0.1) is 11.8 Å². The van der Waals surface area contributed by atoms with Crippen LogP contribution in [0.15, 0.2) is 0 Å². The summed E-state index contributed by atoms with van der Waals surface area (Å²) in [5, 5.41) is 0. The molecule has 1 saturated heterocycles. The molecule has 0 saturated carbocycles. The molecule has 1 fully saturated rings. The van der Waals surface area contributed by atoms with Gasteiger partial charge in [0.15, 0.2) is 0 Å². The molecule has 0 aromatic heterocycles. The van der Waals surface area contributed by atoms with Crippen molar-refractivity contribution in [3.63, 3.8) is 0 Å². The van der Waals surface area contributed by atoms with Gasteiger partial charge in [-0.1, -0.05) is 52.4 Å². The summed E-state index contributed by atoms with van der Waals surface area (Å²) in [5.74, 6) is -0.660. The summed E-state index contributed by atoms with van der Waals surface area (Å²) in [4.78, 5) is 23.3. The molecule has 18 heavy (non-hydrogen) atoms. The van der Waals surface area contributed by atoms with Crippen molar-refractivity contribution in [3.8, 4) is 0 Å². The Morgan fingerprint density at radius 2 is 1.33 bits per heavy atom. The van der Waals surface area contributed by atoms with Gasteiger partial charge < -0.3 is 4.74 Å². The fourth-order valence-electron chi connectivity index (χ4n) is 2.55. The molecule has 0 aromatic carbocycles. The second-order valence-corrected chi connectivity index (χ2v) is 5.36. The van der Waals surface area contributed by atoms with Gasteiger partial charge in [0.1, 0.15) is 0 Å². The number of hydrogen-bond donors (Lipinski definition) is 0. The zero-order chi connectivity index (χ0) is 13.4. The maximum absolute atomic E-state index is 11.6.